The van der Waals surface area contributed by atoms with Crippen molar-refractivity contribution in [3.63, 3.8) is 0 Å². The summed E-state index contributed by atoms with van der Waals surface area (Å²) in [6.07, 6.45) is 0.741. The molecule has 0 saturated carbocycles. The predicted octanol–water partition coefficient (Wildman–Crippen LogP) is 2.29. The maximum Gasteiger partial charge on any atom is 0.308 e. The van der Waals surface area contributed by atoms with Crippen molar-refractivity contribution in [1.82, 2.24) is 0 Å². The smallest absolute Gasteiger partial charge is 0.308 e. The van der Waals surface area contributed by atoms with Gasteiger partial charge in [-0.15, -0.1) is 0 Å². The van der Waals surface area contributed by atoms with Crippen molar-refractivity contribution >= 4 is 11.7 Å². The van der Waals surface area contributed by atoms with Gasteiger partial charge < -0.3 is 10.0 Å². The van der Waals surface area contributed by atoms with Gasteiger partial charge in [-0.2, -0.15) is 0 Å². The van der Waals surface area contributed by atoms with Crippen molar-refractivity contribution < 1.29 is 9.90 Å². The van der Waals surface area contributed by atoms with Crippen LogP contribution in [0.3, 0.4) is 0 Å². The number of carboxylic acids is 1. The molecule has 1 aliphatic heterocycles. The first kappa shape index (κ1) is 11.0. The highest BCUT2D eigenvalue weighted by Crippen LogP contribution is 2.30. The molecule has 1 aromatic carbocycles. The van der Waals surface area contributed by atoms with Gasteiger partial charge in [0.2, 0.25) is 0 Å². The van der Waals surface area contributed by atoms with Gasteiger partial charge in [-0.1, -0.05) is 12.1 Å². The van der Waals surface area contributed by atoms with Crippen LogP contribution in [0.2, 0.25) is 0 Å². The van der Waals surface area contributed by atoms with Crippen LogP contribution < -0.4 is 4.90 Å². The Morgan fingerprint density at radius 2 is 2.25 bits per heavy atom. The normalized spacial score (nSPS) is 24.8. The number of nitrogens with zero attached hydrogens (tertiary/aromatic N) is 1. The van der Waals surface area contributed by atoms with E-state index < -0.39 is 5.97 Å². The molecule has 1 fully saturated rings. The van der Waals surface area contributed by atoms with Gasteiger partial charge in [0, 0.05) is 18.3 Å². The molecule has 1 saturated heterocycles. The van der Waals surface area contributed by atoms with E-state index >= 15 is 0 Å². The molecule has 0 aromatic heterocycles. The van der Waals surface area contributed by atoms with Crippen molar-refractivity contribution in [2.45, 2.75) is 26.3 Å². The molecule has 0 radical (unpaired) electrons. The van der Waals surface area contributed by atoms with Crippen molar-refractivity contribution in [2.24, 2.45) is 5.92 Å². The topological polar surface area (TPSA) is 40.5 Å². The summed E-state index contributed by atoms with van der Waals surface area (Å²) in [7, 11) is 0. The summed E-state index contributed by atoms with van der Waals surface area (Å²) in [5, 5.41) is 9.08. The van der Waals surface area contributed by atoms with E-state index in [0.717, 1.165) is 18.7 Å². The number of anilines is 1. The van der Waals surface area contributed by atoms with E-state index in [-0.39, 0.29) is 12.0 Å². The van der Waals surface area contributed by atoms with Gasteiger partial charge in [0.1, 0.15) is 0 Å². The third-order valence-electron chi connectivity index (χ3n) is 3.41. The maximum atomic E-state index is 11.0. The second kappa shape index (κ2) is 4.16. The van der Waals surface area contributed by atoms with Crippen molar-refractivity contribution in [3.8, 4) is 0 Å². The number of benzene rings is 1. The lowest BCUT2D eigenvalue weighted by molar-refractivity contribution is -0.141. The Bertz CT molecular complexity index is 403. The highest BCUT2D eigenvalue weighted by Gasteiger charge is 2.35. The largest absolute Gasteiger partial charge is 0.481 e. The van der Waals surface area contributed by atoms with Crippen molar-refractivity contribution in [1.29, 1.82) is 0 Å². The van der Waals surface area contributed by atoms with Crippen LogP contribution in [0.25, 0.3) is 0 Å². The van der Waals surface area contributed by atoms with Crippen LogP contribution in [0.4, 0.5) is 5.69 Å². The number of carbonyl (C=O) groups is 1. The summed E-state index contributed by atoms with van der Waals surface area (Å²) in [5.41, 5.74) is 2.35. The minimum atomic E-state index is -0.678. The van der Waals surface area contributed by atoms with Gasteiger partial charge in [-0.3, -0.25) is 4.79 Å². The number of aryl methyl sites for hydroxylation is 1. The molecule has 2 unspecified atom stereocenters. The molecule has 3 nitrogen and oxygen atoms in total. The van der Waals surface area contributed by atoms with Crippen LogP contribution in [0.1, 0.15) is 18.9 Å². The van der Waals surface area contributed by atoms with Gasteiger partial charge in [0.15, 0.2) is 0 Å². The highest BCUT2D eigenvalue weighted by atomic mass is 16.4. The second-order valence-corrected chi connectivity index (χ2v) is 4.51. The summed E-state index contributed by atoms with van der Waals surface area (Å²) in [6, 6.07) is 8.32. The fourth-order valence-corrected chi connectivity index (χ4v) is 2.44. The van der Waals surface area contributed by atoms with Gasteiger partial charge >= 0.3 is 5.97 Å². The maximum absolute atomic E-state index is 11.0. The van der Waals surface area contributed by atoms with E-state index in [0.29, 0.717) is 0 Å². The third-order valence-corrected chi connectivity index (χ3v) is 3.41. The van der Waals surface area contributed by atoms with Crippen LogP contribution in [0, 0.1) is 12.8 Å². The first-order valence-corrected chi connectivity index (χ1v) is 5.65. The van der Waals surface area contributed by atoms with Gasteiger partial charge in [0.05, 0.1) is 5.92 Å². The average molecular weight is 219 g/mol. The summed E-state index contributed by atoms with van der Waals surface area (Å²) >= 11 is 0. The molecule has 3 heteroatoms. The molecular weight excluding hydrogens is 202 g/mol. The molecule has 0 aliphatic carbocycles. The lowest BCUT2D eigenvalue weighted by Gasteiger charge is -2.25. The zero-order valence-corrected chi connectivity index (χ0v) is 9.68. The molecule has 1 heterocycles. The SMILES string of the molecule is Cc1cccc(N2CCC(C(=O)O)C2C)c1. The summed E-state index contributed by atoms with van der Waals surface area (Å²) in [5.74, 6) is -0.914. The molecule has 1 aromatic rings. The number of carboxylic acid groups (broad SMARTS) is 1. The standard InChI is InChI=1S/C13H17NO2/c1-9-4-3-5-11(8-9)14-7-6-12(10(14)2)13(15)16/h3-5,8,10,12H,6-7H2,1-2H3,(H,15,16). The average Bonchev–Trinajstić information content (AvgIpc) is 2.60. The zero-order chi connectivity index (χ0) is 11.7. The van der Waals surface area contributed by atoms with Crippen LogP contribution in [-0.4, -0.2) is 23.7 Å². The van der Waals surface area contributed by atoms with E-state index in [9.17, 15) is 4.79 Å². The van der Waals surface area contributed by atoms with E-state index in [1.165, 1.54) is 5.56 Å². The number of hydrogen-bond acceptors (Lipinski definition) is 2. The van der Waals surface area contributed by atoms with Gasteiger partial charge in [-0.05, 0) is 38.0 Å². The molecule has 0 amide bonds. The Morgan fingerprint density at radius 3 is 2.81 bits per heavy atom. The molecule has 0 spiro atoms. The summed E-state index contributed by atoms with van der Waals surface area (Å²) in [6.45, 7) is 4.88. The minimum absolute atomic E-state index is 0.0827. The molecule has 2 rings (SSSR count). The van der Waals surface area contributed by atoms with Crippen LogP contribution in [-0.2, 0) is 4.79 Å². The Labute approximate surface area is 95.7 Å². The molecule has 16 heavy (non-hydrogen) atoms. The lowest BCUT2D eigenvalue weighted by Crippen LogP contribution is -2.32. The molecule has 2 atom stereocenters. The van der Waals surface area contributed by atoms with E-state index in [2.05, 4.69) is 24.0 Å². The Hall–Kier alpha value is -1.51. The van der Waals surface area contributed by atoms with E-state index in [4.69, 9.17) is 5.11 Å². The Kier molecular flexibility index (Phi) is 2.86. The number of rotatable bonds is 2. The van der Waals surface area contributed by atoms with Crippen molar-refractivity contribution in [3.05, 3.63) is 29.8 Å². The molecule has 0 bridgehead atoms. The fraction of sp³-hybridized carbons (Fsp3) is 0.462. The monoisotopic (exact) mass is 219 g/mol. The Morgan fingerprint density at radius 1 is 1.50 bits per heavy atom. The third kappa shape index (κ3) is 1.90. The minimum Gasteiger partial charge on any atom is -0.481 e. The Balaban J connectivity index is 2.21. The van der Waals surface area contributed by atoms with E-state index in [1.807, 2.05) is 19.1 Å². The van der Waals surface area contributed by atoms with Crippen LogP contribution in [0.15, 0.2) is 24.3 Å². The lowest BCUT2D eigenvalue weighted by atomic mass is 10.0. The fourth-order valence-electron chi connectivity index (χ4n) is 2.44. The molecule has 1 aliphatic rings. The first-order chi connectivity index (χ1) is 7.59. The highest BCUT2D eigenvalue weighted by molar-refractivity contribution is 5.73. The summed E-state index contributed by atoms with van der Waals surface area (Å²) in [4.78, 5) is 13.2. The molecule has 1 N–H and O–H groups in total. The van der Waals surface area contributed by atoms with E-state index in [1.54, 1.807) is 0 Å². The van der Waals surface area contributed by atoms with Crippen LogP contribution >= 0.6 is 0 Å². The summed E-state index contributed by atoms with van der Waals surface area (Å²) < 4.78 is 0. The zero-order valence-electron chi connectivity index (χ0n) is 9.68. The van der Waals surface area contributed by atoms with Gasteiger partial charge in [-0.25, -0.2) is 0 Å². The first-order valence-electron chi connectivity index (χ1n) is 5.65. The van der Waals surface area contributed by atoms with Gasteiger partial charge in [0.25, 0.3) is 0 Å². The number of hydrogen-bond donors (Lipinski definition) is 1. The number of aliphatic carboxylic acids is 1. The quantitative estimate of drug-likeness (QED) is 0.829. The molecular formula is C13H17NO2. The second-order valence-electron chi connectivity index (χ2n) is 4.51. The van der Waals surface area contributed by atoms with Crippen molar-refractivity contribution in [2.75, 3.05) is 11.4 Å². The predicted molar refractivity (Wildman–Crippen MR) is 63.7 cm³/mol. The van der Waals surface area contributed by atoms with Crippen LogP contribution in [0.5, 0.6) is 0 Å². The molecule has 86 valence electrons.